The maximum Gasteiger partial charge on any atom is 0.216 e. The molecule has 0 radical (unpaired) electrons. The number of carbonyl (C=O) groups is 1. The third kappa shape index (κ3) is 8.62. The van der Waals surface area contributed by atoms with E-state index in [1.54, 1.807) is 23.4 Å². The second-order valence-electron chi connectivity index (χ2n) is 2.65. The molecule has 0 fully saturated rings. The Morgan fingerprint density at radius 2 is 2.38 bits per heavy atom. The maximum atomic E-state index is 10.5. The Morgan fingerprint density at radius 3 is 2.92 bits per heavy atom. The lowest BCUT2D eigenvalue weighted by atomic mass is 10.4. The summed E-state index contributed by atoms with van der Waals surface area (Å²) in [6.07, 6.45) is 5.99. The minimum atomic E-state index is -0.00907. The van der Waals surface area contributed by atoms with Crippen molar-refractivity contribution in [3.8, 4) is 0 Å². The lowest BCUT2D eigenvalue weighted by Crippen LogP contribution is -2.29. The fraction of sp³-hybridized carbons (Fsp3) is 0.444. The summed E-state index contributed by atoms with van der Waals surface area (Å²) in [4.78, 5) is 10.5. The molecule has 0 saturated carbocycles. The molecule has 3 N–H and O–H groups in total. The van der Waals surface area contributed by atoms with Gasteiger partial charge in [0.05, 0.1) is 0 Å². The van der Waals surface area contributed by atoms with Gasteiger partial charge in [0.15, 0.2) is 0 Å². The number of carbonyl (C=O) groups excluding carboxylic acids is 1. The van der Waals surface area contributed by atoms with Crippen LogP contribution in [0.1, 0.15) is 13.3 Å². The molecule has 4 heteroatoms. The molecule has 0 aliphatic heterocycles. The first kappa shape index (κ1) is 11.7. The Kier molecular flexibility index (Phi) is 6.63. The summed E-state index contributed by atoms with van der Waals surface area (Å²) in [5.41, 5.74) is 0. The highest BCUT2D eigenvalue weighted by molar-refractivity contribution is 5.72. The van der Waals surface area contributed by atoms with Crippen molar-refractivity contribution in [3.05, 3.63) is 24.9 Å². The Balaban J connectivity index is 3.36. The van der Waals surface area contributed by atoms with Gasteiger partial charge < -0.3 is 10.3 Å². The standard InChI is InChI=1S/C9H17N3O/c1-3-4-7-12(10)8-5-6-11-9(2)13/h3-4,7H,1,5-6,8,10H2,2H3,(H,11,13)/b7-4-. The zero-order chi connectivity index (χ0) is 10.1. The first-order valence-corrected chi connectivity index (χ1v) is 4.22. The highest BCUT2D eigenvalue weighted by atomic mass is 16.1. The summed E-state index contributed by atoms with van der Waals surface area (Å²) in [6, 6.07) is 0. The smallest absolute Gasteiger partial charge is 0.216 e. The quantitative estimate of drug-likeness (QED) is 0.271. The summed E-state index contributed by atoms with van der Waals surface area (Å²) in [5.74, 6) is 5.55. The number of hydrogen-bond donors (Lipinski definition) is 2. The van der Waals surface area contributed by atoms with Gasteiger partial charge in [-0.05, 0) is 12.5 Å². The minimum Gasteiger partial charge on any atom is -0.356 e. The van der Waals surface area contributed by atoms with Crippen molar-refractivity contribution < 1.29 is 4.79 Å². The molecule has 0 atom stereocenters. The highest BCUT2D eigenvalue weighted by Gasteiger charge is 1.92. The number of allylic oxidation sites excluding steroid dienone is 2. The van der Waals surface area contributed by atoms with Crippen molar-refractivity contribution >= 4 is 5.91 Å². The van der Waals surface area contributed by atoms with Gasteiger partial charge in [0.25, 0.3) is 0 Å². The summed E-state index contributed by atoms with van der Waals surface area (Å²) in [7, 11) is 0. The van der Waals surface area contributed by atoms with Crippen molar-refractivity contribution in [2.75, 3.05) is 13.1 Å². The first-order chi connectivity index (χ1) is 6.16. The fourth-order valence-corrected chi connectivity index (χ4v) is 0.772. The monoisotopic (exact) mass is 183 g/mol. The molecule has 4 nitrogen and oxygen atoms in total. The van der Waals surface area contributed by atoms with E-state index in [9.17, 15) is 4.79 Å². The maximum absolute atomic E-state index is 10.5. The van der Waals surface area contributed by atoms with E-state index in [1.165, 1.54) is 6.92 Å². The lowest BCUT2D eigenvalue weighted by molar-refractivity contribution is -0.118. The van der Waals surface area contributed by atoms with Gasteiger partial charge in [-0.3, -0.25) is 4.79 Å². The van der Waals surface area contributed by atoms with Crippen LogP contribution in [-0.2, 0) is 4.79 Å². The number of nitrogens with zero attached hydrogens (tertiary/aromatic N) is 1. The Bertz CT molecular complexity index is 189. The van der Waals surface area contributed by atoms with Crippen molar-refractivity contribution in [1.29, 1.82) is 0 Å². The molecule has 0 bridgehead atoms. The molecule has 0 aliphatic rings. The summed E-state index contributed by atoms with van der Waals surface area (Å²) in [5, 5.41) is 4.25. The molecule has 0 aromatic rings. The van der Waals surface area contributed by atoms with Crippen LogP contribution in [0.3, 0.4) is 0 Å². The van der Waals surface area contributed by atoms with Crippen molar-refractivity contribution in [2.45, 2.75) is 13.3 Å². The largest absolute Gasteiger partial charge is 0.356 e. The van der Waals surface area contributed by atoms with Gasteiger partial charge in [0.2, 0.25) is 5.91 Å². The van der Waals surface area contributed by atoms with Crippen LogP contribution in [0.15, 0.2) is 24.9 Å². The first-order valence-electron chi connectivity index (χ1n) is 4.22. The zero-order valence-corrected chi connectivity index (χ0v) is 7.99. The normalized spacial score (nSPS) is 10.0. The molecule has 0 aromatic carbocycles. The van der Waals surface area contributed by atoms with Crippen LogP contribution in [0.5, 0.6) is 0 Å². The topological polar surface area (TPSA) is 58.4 Å². The summed E-state index contributed by atoms with van der Waals surface area (Å²) in [6.45, 7) is 6.39. The minimum absolute atomic E-state index is 0.00907. The second-order valence-corrected chi connectivity index (χ2v) is 2.65. The second kappa shape index (κ2) is 7.36. The summed E-state index contributed by atoms with van der Waals surface area (Å²) < 4.78 is 0. The molecule has 0 heterocycles. The van der Waals surface area contributed by atoms with Crippen LogP contribution in [0.2, 0.25) is 0 Å². The van der Waals surface area contributed by atoms with Gasteiger partial charge in [-0.2, -0.15) is 0 Å². The number of hydrazine groups is 1. The van der Waals surface area contributed by atoms with Gasteiger partial charge in [0.1, 0.15) is 0 Å². The molecule has 13 heavy (non-hydrogen) atoms. The third-order valence-electron chi connectivity index (χ3n) is 1.38. The molecule has 0 saturated heterocycles. The van der Waals surface area contributed by atoms with Crippen LogP contribution < -0.4 is 11.2 Å². The van der Waals surface area contributed by atoms with Crippen molar-refractivity contribution in [3.63, 3.8) is 0 Å². The average Bonchev–Trinajstić information content (AvgIpc) is 2.08. The van der Waals surface area contributed by atoms with E-state index < -0.39 is 0 Å². The van der Waals surface area contributed by atoms with Crippen LogP contribution in [0.4, 0.5) is 0 Å². The van der Waals surface area contributed by atoms with Crippen molar-refractivity contribution in [1.82, 2.24) is 10.3 Å². The lowest BCUT2D eigenvalue weighted by Gasteiger charge is -2.12. The van der Waals surface area contributed by atoms with Gasteiger partial charge in [-0.1, -0.05) is 12.7 Å². The van der Waals surface area contributed by atoms with E-state index in [0.29, 0.717) is 13.1 Å². The Hall–Kier alpha value is -1.29. The molecule has 74 valence electrons. The number of nitrogens with one attached hydrogen (secondary N) is 1. The number of rotatable bonds is 6. The van der Waals surface area contributed by atoms with E-state index in [4.69, 9.17) is 5.84 Å². The Labute approximate surface area is 79.1 Å². The highest BCUT2D eigenvalue weighted by Crippen LogP contribution is 1.84. The van der Waals surface area contributed by atoms with Crippen LogP contribution >= 0.6 is 0 Å². The molecule has 0 aromatic heterocycles. The van der Waals surface area contributed by atoms with Gasteiger partial charge in [-0.25, -0.2) is 5.84 Å². The van der Waals surface area contributed by atoms with E-state index in [0.717, 1.165) is 6.42 Å². The van der Waals surface area contributed by atoms with Gasteiger partial charge in [0, 0.05) is 26.2 Å². The molecular formula is C9H17N3O. The van der Waals surface area contributed by atoms with E-state index in [2.05, 4.69) is 11.9 Å². The van der Waals surface area contributed by atoms with E-state index in [1.807, 2.05) is 0 Å². The number of hydrogen-bond acceptors (Lipinski definition) is 3. The van der Waals surface area contributed by atoms with Crippen LogP contribution in [0, 0.1) is 0 Å². The molecular weight excluding hydrogens is 166 g/mol. The van der Waals surface area contributed by atoms with Gasteiger partial charge >= 0.3 is 0 Å². The molecule has 0 rings (SSSR count). The van der Waals surface area contributed by atoms with Crippen molar-refractivity contribution in [2.24, 2.45) is 5.84 Å². The third-order valence-corrected chi connectivity index (χ3v) is 1.38. The fourth-order valence-electron chi connectivity index (χ4n) is 0.772. The van der Waals surface area contributed by atoms with Gasteiger partial charge in [-0.15, -0.1) is 0 Å². The molecule has 0 unspecified atom stereocenters. The van der Waals surface area contributed by atoms with Crippen LogP contribution in [-0.4, -0.2) is 24.0 Å². The zero-order valence-electron chi connectivity index (χ0n) is 7.99. The van der Waals surface area contributed by atoms with Crippen LogP contribution in [0.25, 0.3) is 0 Å². The SMILES string of the molecule is C=C/C=C\N(N)CCCNC(C)=O. The Morgan fingerprint density at radius 1 is 1.69 bits per heavy atom. The number of amides is 1. The molecule has 0 spiro atoms. The number of nitrogens with two attached hydrogens (primary N) is 1. The van der Waals surface area contributed by atoms with E-state index in [-0.39, 0.29) is 5.91 Å². The molecule has 1 amide bonds. The predicted molar refractivity (Wildman–Crippen MR) is 53.5 cm³/mol. The average molecular weight is 183 g/mol. The summed E-state index contributed by atoms with van der Waals surface area (Å²) >= 11 is 0. The predicted octanol–water partition coefficient (Wildman–Crippen LogP) is 0.388. The van der Waals surface area contributed by atoms with E-state index >= 15 is 0 Å². The molecule has 0 aliphatic carbocycles.